The van der Waals surface area contributed by atoms with E-state index in [1.807, 2.05) is 0 Å². The van der Waals surface area contributed by atoms with Gasteiger partial charge in [-0.3, -0.25) is 4.79 Å². The molecule has 94 valence electrons. The molecule has 1 aromatic heterocycles. The van der Waals surface area contributed by atoms with Gasteiger partial charge in [0.25, 0.3) is 0 Å². The van der Waals surface area contributed by atoms with Crippen LogP contribution in [0.15, 0.2) is 24.4 Å². The van der Waals surface area contributed by atoms with Crippen LogP contribution in [-0.2, 0) is 11.3 Å². The molecule has 1 heterocycles. The topological polar surface area (TPSA) is 85.8 Å². The molecule has 0 aliphatic rings. The third kappa shape index (κ3) is 2.91. The molecule has 2 aromatic rings. The summed E-state index contributed by atoms with van der Waals surface area (Å²) < 4.78 is 1.32. The highest BCUT2D eigenvalue weighted by atomic mass is 35.5. The van der Waals surface area contributed by atoms with E-state index in [4.69, 9.17) is 28.9 Å². The quantitative estimate of drug-likeness (QED) is 0.901. The largest absolute Gasteiger partial charge is 0.381 e. The number of hydrogen-bond donors (Lipinski definition) is 2. The van der Waals surface area contributed by atoms with Crippen molar-refractivity contribution in [1.82, 2.24) is 15.0 Å². The molecular weight excluding hydrogens is 277 g/mol. The number of carbonyl (C=O) groups excluding carboxylic acids is 1. The average Bonchev–Trinajstić information content (AvgIpc) is 2.70. The van der Waals surface area contributed by atoms with Crippen LogP contribution in [0.4, 0.5) is 11.5 Å². The maximum Gasteiger partial charge on any atom is 0.246 e. The number of anilines is 2. The van der Waals surface area contributed by atoms with Crippen LogP contribution in [0.5, 0.6) is 0 Å². The lowest BCUT2D eigenvalue weighted by atomic mass is 10.3. The minimum absolute atomic E-state index is 0.00690. The molecule has 0 aliphatic carbocycles. The number of rotatable bonds is 3. The van der Waals surface area contributed by atoms with Gasteiger partial charge in [-0.1, -0.05) is 34.5 Å². The molecule has 3 N–H and O–H groups in total. The minimum Gasteiger partial charge on any atom is -0.381 e. The average molecular weight is 286 g/mol. The predicted octanol–water partition coefficient (Wildman–Crippen LogP) is 1.81. The van der Waals surface area contributed by atoms with E-state index in [2.05, 4.69) is 15.6 Å². The van der Waals surface area contributed by atoms with Crippen molar-refractivity contribution in [3.8, 4) is 0 Å². The number of aromatic nitrogens is 3. The summed E-state index contributed by atoms with van der Waals surface area (Å²) in [4.78, 5) is 11.7. The number of nitrogens with one attached hydrogen (secondary N) is 1. The summed E-state index contributed by atoms with van der Waals surface area (Å²) in [6, 6.07) is 4.98. The normalized spacial score (nSPS) is 10.3. The van der Waals surface area contributed by atoms with Gasteiger partial charge in [0, 0.05) is 0 Å². The summed E-state index contributed by atoms with van der Waals surface area (Å²) in [5, 5.41) is 10.5. The summed E-state index contributed by atoms with van der Waals surface area (Å²) in [6.45, 7) is -0.00690. The van der Waals surface area contributed by atoms with Crippen LogP contribution < -0.4 is 11.1 Å². The Kier molecular flexibility index (Phi) is 3.69. The standard InChI is InChI=1S/C10H9Cl2N5O/c11-6-2-1-3-7(10(6)12)14-9(18)5-17-4-8(13)15-16-17/h1-4H,5,13H2,(H,14,18). The zero-order valence-corrected chi connectivity index (χ0v) is 10.6. The summed E-state index contributed by atoms with van der Waals surface area (Å²) in [5.41, 5.74) is 5.83. The second kappa shape index (κ2) is 5.24. The highest BCUT2D eigenvalue weighted by molar-refractivity contribution is 6.43. The molecule has 2 rings (SSSR count). The first-order valence-electron chi connectivity index (χ1n) is 4.96. The first kappa shape index (κ1) is 12.7. The fraction of sp³-hybridized carbons (Fsp3) is 0.100. The number of halogens is 2. The lowest BCUT2D eigenvalue weighted by molar-refractivity contribution is -0.116. The van der Waals surface area contributed by atoms with Gasteiger partial charge in [-0.05, 0) is 12.1 Å². The minimum atomic E-state index is -0.302. The van der Waals surface area contributed by atoms with Crippen LogP contribution in [-0.4, -0.2) is 20.9 Å². The molecule has 0 atom stereocenters. The van der Waals surface area contributed by atoms with Crippen LogP contribution in [0.1, 0.15) is 0 Å². The van der Waals surface area contributed by atoms with Gasteiger partial charge in [0.15, 0.2) is 5.82 Å². The number of hydrogen-bond acceptors (Lipinski definition) is 4. The smallest absolute Gasteiger partial charge is 0.246 e. The molecule has 0 spiro atoms. The molecular formula is C10H9Cl2N5O. The number of carbonyl (C=O) groups is 1. The Balaban J connectivity index is 2.05. The number of nitrogens with zero attached hydrogens (tertiary/aromatic N) is 3. The molecule has 6 nitrogen and oxygen atoms in total. The Labute approximate surface area is 113 Å². The Morgan fingerprint density at radius 1 is 1.44 bits per heavy atom. The van der Waals surface area contributed by atoms with Crippen molar-refractivity contribution >= 4 is 40.6 Å². The first-order valence-corrected chi connectivity index (χ1v) is 5.71. The van der Waals surface area contributed by atoms with Gasteiger partial charge in [0.1, 0.15) is 6.54 Å². The van der Waals surface area contributed by atoms with Crippen molar-refractivity contribution in [3.05, 3.63) is 34.4 Å². The van der Waals surface area contributed by atoms with Crippen LogP contribution in [0, 0.1) is 0 Å². The number of amides is 1. The Bertz CT molecular complexity index is 583. The maximum atomic E-state index is 11.7. The van der Waals surface area contributed by atoms with Gasteiger partial charge in [-0.15, -0.1) is 5.10 Å². The predicted molar refractivity (Wildman–Crippen MR) is 69.5 cm³/mol. The lowest BCUT2D eigenvalue weighted by Gasteiger charge is -2.07. The Hall–Kier alpha value is -1.79. The first-order chi connectivity index (χ1) is 8.56. The summed E-state index contributed by atoms with van der Waals surface area (Å²) in [6.07, 6.45) is 1.46. The SMILES string of the molecule is Nc1cn(CC(=O)Nc2cccc(Cl)c2Cl)nn1. The molecule has 0 radical (unpaired) electrons. The van der Waals surface area contributed by atoms with E-state index in [-0.39, 0.29) is 18.3 Å². The fourth-order valence-corrected chi connectivity index (χ4v) is 1.68. The van der Waals surface area contributed by atoms with Crippen LogP contribution >= 0.6 is 23.2 Å². The Morgan fingerprint density at radius 2 is 2.22 bits per heavy atom. The molecule has 18 heavy (non-hydrogen) atoms. The second-order valence-corrected chi connectivity index (χ2v) is 4.28. The van der Waals surface area contributed by atoms with Crippen molar-refractivity contribution in [2.75, 3.05) is 11.1 Å². The summed E-state index contributed by atoms with van der Waals surface area (Å²) in [7, 11) is 0. The zero-order valence-electron chi connectivity index (χ0n) is 9.10. The van der Waals surface area contributed by atoms with Crippen LogP contribution in [0.2, 0.25) is 10.0 Å². The van der Waals surface area contributed by atoms with E-state index < -0.39 is 0 Å². The highest BCUT2D eigenvalue weighted by Crippen LogP contribution is 2.29. The van der Waals surface area contributed by atoms with Crippen molar-refractivity contribution in [2.45, 2.75) is 6.54 Å². The molecule has 0 saturated heterocycles. The van der Waals surface area contributed by atoms with Crippen molar-refractivity contribution in [2.24, 2.45) is 0 Å². The van der Waals surface area contributed by atoms with Gasteiger partial charge in [0.05, 0.1) is 21.9 Å². The molecule has 0 fully saturated rings. The number of benzene rings is 1. The van der Waals surface area contributed by atoms with E-state index in [1.165, 1.54) is 10.9 Å². The number of nitrogens with two attached hydrogens (primary N) is 1. The lowest BCUT2D eigenvalue weighted by Crippen LogP contribution is -2.19. The summed E-state index contributed by atoms with van der Waals surface area (Å²) >= 11 is 11.8. The molecule has 0 bridgehead atoms. The second-order valence-electron chi connectivity index (χ2n) is 3.49. The van der Waals surface area contributed by atoms with E-state index in [0.29, 0.717) is 15.7 Å². The fourth-order valence-electron chi connectivity index (χ4n) is 1.33. The number of nitrogen functional groups attached to an aromatic ring is 1. The van der Waals surface area contributed by atoms with Gasteiger partial charge in [-0.25, -0.2) is 4.68 Å². The summed E-state index contributed by atoms with van der Waals surface area (Å²) in [5.74, 6) is -0.0485. The van der Waals surface area contributed by atoms with Gasteiger partial charge >= 0.3 is 0 Å². The molecule has 0 saturated carbocycles. The van der Waals surface area contributed by atoms with Crippen molar-refractivity contribution in [3.63, 3.8) is 0 Å². The molecule has 1 amide bonds. The molecule has 1 aromatic carbocycles. The maximum absolute atomic E-state index is 11.7. The van der Waals surface area contributed by atoms with Gasteiger partial charge in [-0.2, -0.15) is 0 Å². The Morgan fingerprint density at radius 3 is 2.89 bits per heavy atom. The van der Waals surface area contributed by atoms with Crippen molar-refractivity contribution < 1.29 is 4.79 Å². The van der Waals surface area contributed by atoms with E-state index in [0.717, 1.165) is 0 Å². The van der Waals surface area contributed by atoms with Crippen LogP contribution in [0.25, 0.3) is 0 Å². The third-order valence-electron chi connectivity index (χ3n) is 2.09. The molecule has 8 heteroatoms. The van der Waals surface area contributed by atoms with Gasteiger partial charge < -0.3 is 11.1 Å². The zero-order chi connectivity index (χ0) is 13.1. The van der Waals surface area contributed by atoms with Crippen molar-refractivity contribution in [1.29, 1.82) is 0 Å². The highest BCUT2D eigenvalue weighted by Gasteiger charge is 2.09. The van der Waals surface area contributed by atoms with E-state index >= 15 is 0 Å². The third-order valence-corrected chi connectivity index (χ3v) is 2.91. The molecule has 0 aliphatic heterocycles. The van der Waals surface area contributed by atoms with Gasteiger partial charge in [0.2, 0.25) is 5.91 Å². The van der Waals surface area contributed by atoms with Crippen LogP contribution in [0.3, 0.4) is 0 Å². The van der Waals surface area contributed by atoms with E-state index in [9.17, 15) is 4.79 Å². The molecule has 0 unspecified atom stereocenters. The van der Waals surface area contributed by atoms with E-state index in [1.54, 1.807) is 18.2 Å². The monoisotopic (exact) mass is 285 g/mol.